The highest BCUT2D eigenvalue weighted by Crippen LogP contribution is 2.13. The van der Waals surface area contributed by atoms with Gasteiger partial charge >= 0.3 is 0 Å². The summed E-state index contributed by atoms with van der Waals surface area (Å²) in [6.45, 7) is 0.578. The Morgan fingerprint density at radius 3 is 3.00 bits per heavy atom. The summed E-state index contributed by atoms with van der Waals surface area (Å²) in [7, 11) is 0. The number of carbonyl (C=O) groups is 2. The van der Waals surface area contributed by atoms with Crippen molar-refractivity contribution in [3.8, 4) is 0 Å². The fourth-order valence-electron chi connectivity index (χ4n) is 2.03. The molecule has 16 heavy (non-hydrogen) atoms. The van der Waals surface area contributed by atoms with Gasteiger partial charge in [0.2, 0.25) is 5.91 Å². The lowest BCUT2D eigenvalue weighted by Gasteiger charge is -2.13. The van der Waals surface area contributed by atoms with Crippen molar-refractivity contribution in [3.05, 3.63) is 23.5 Å². The zero-order valence-electron chi connectivity index (χ0n) is 8.85. The SMILES string of the molecule is O=Cc1ccc(CO)n1C(=O)C1CCCN1. The van der Waals surface area contributed by atoms with Gasteiger partial charge in [0.25, 0.3) is 0 Å². The maximum absolute atomic E-state index is 12.1. The molecular weight excluding hydrogens is 208 g/mol. The highest BCUT2D eigenvalue weighted by Gasteiger charge is 2.26. The molecule has 2 N–H and O–H groups in total. The molecule has 2 rings (SSSR count). The van der Waals surface area contributed by atoms with Crippen molar-refractivity contribution in [2.75, 3.05) is 6.54 Å². The predicted molar refractivity (Wildman–Crippen MR) is 57.4 cm³/mol. The van der Waals surface area contributed by atoms with Crippen LogP contribution < -0.4 is 5.32 Å². The summed E-state index contributed by atoms with van der Waals surface area (Å²) >= 11 is 0. The Labute approximate surface area is 93.1 Å². The van der Waals surface area contributed by atoms with E-state index in [1.54, 1.807) is 12.1 Å². The van der Waals surface area contributed by atoms with E-state index >= 15 is 0 Å². The van der Waals surface area contributed by atoms with Gasteiger partial charge < -0.3 is 10.4 Å². The average Bonchev–Trinajstić information content (AvgIpc) is 2.96. The maximum atomic E-state index is 12.1. The summed E-state index contributed by atoms with van der Waals surface area (Å²) in [4.78, 5) is 22.9. The first-order valence-electron chi connectivity index (χ1n) is 5.32. The largest absolute Gasteiger partial charge is 0.390 e. The summed E-state index contributed by atoms with van der Waals surface area (Å²) < 4.78 is 1.30. The molecule has 1 aromatic rings. The minimum Gasteiger partial charge on any atom is -0.390 e. The molecule has 5 heteroatoms. The lowest BCUT2D eigenvalue weighted by Crippen LogP contribution is -2.36. The number of aldehydes is 1. The van der Waals surface area contributed by atoms with E-state index in [1.165, 1.54) is 4.57 Å². The van der Waals surface area contributed by atoms with Gasteiger partial charge in [-0.1, -0.05) is 0 Å². The van der Waals surface area contributed by atoms with Crippen molar-refractivity contribution < 1.29 is 14.7 Å². The first-order chi connectivity index (χ1) is 7.77. The molecule has 0 saturated carbocycles. The molecule has 2 heterocycles. The Kier molecular flexibility index (Phi) is 3.17. The molecule has 1 aromatic heterocycles. The molecule has 1 atom stereocenters. The van der Waals surface area contributed by atoms with E-state index in [-0.39, 0.29) is 18.6 Å². The monoisotopic (exact) mass is 222 g/mol. The molecule has 1 unspecified atom stereocenters. The van der Waals surface area contributed by atoms with Crippen LogP contribution in [0.5, 0.6) is 0 Å². The average molecular weight is 222 g/mol. The first kappa shape index (κ1) is 11.0. The van der Waals surface area contributed by atoms with E-state index in [1.807, 2.05) is 0 Å². The van der Waals surface area contributed by atoms with Crippen molar-refractivity contribution >= 4 is 12.2 Å². The Balaban J connectivity index is 2.33. The number of carbonyl (C=O) groups excluding carboxylic acids is 2. The summed E-state index contributed by atoms with van der Waals surface area (Å²) in [6.07, 6.45) is 2.37. The molecule has 5 nitrogen and oxygen atoms in total. The lowest BCUT2D eigenvalue weighted by molar-refractivity contribution is 0.0850. The van der Waals surface area contributed by atoms with Crippen molar-refractivity contribution in [2.45, 2.75) is 25.5 Å². The van der Waals surface area contributed by atoms with Crippen LogP contribution in [-0.2, 0) is 6.61 Å². The number of aromatic nitrogens is 1. The Morgan fingerprint density at radius 1 is 1.62 bits per heavy atom. The molecular formula is C11H14N2O3. The van der Waals surface area contributed by atoms with Gasteiger partial charge in [-0.25, -0.2) is 0 Å². The third-order valence-electron chi connectivity index (χ3n) is 2.85. The van der Waals surface area contributed by atoms with Crippen molar-refractivity contribution in [1.82, 2.24) is 9.88 Å². The predicted octanol–water partition coefficient (Wildman–Crippen LogP) is 0.185. The molecule has 0 bridgehead atoms. The second kappa shape index (κ2) is 4.59. The van der Waals surface area contributed by atoms with E-state index in [0.29, 0.717) is 17.7 Å². The molecule has 1 aliphatic heterocycles. The van der Waals surface area contributed by atoms with E-state index in [9.17, 15) is 9.59 Å². The molecule has 1 saturated heterocycles. The highest BCUT2D eigenvalue weighted by atomic mass is 16.3. The molecule has 0 radical (unpaired) electrons. The fraction of sp³-hybridized carbons (Fsp3) is 0.455. The van der Waals surface area contributed by atoms with E-state index in [2.05, 4.69) is 5.32 Å². The van der Waals surface area contributed by atoms with Crippen LogP contribution in [0.3, 0.4) is 0 Å². The van der Waals surface area contributed by atoms with E-state index in [4.69, 9.17) is 5.11 Å². The van der Waals surface area contributed by atoms with Crippen molar-refractivity contribution in [1.29, 1.82) is 0 Å². The second-order valence-electron chi connectivity index (χ2n) is 3.85. The zero-order chi connectivity index (χ0) is 11.5. The van der Waals surface area contributed by atoms with Crippen LogP contribution in [0, 0.1) is 0 Å². The minimum absolute atomic E-state index is 0.159. The molecule has 1 fully saturated rings. The minimum atomic E-state index is -0.244. The molecule has 0 amide bonds. The molecule has 86 valence electrons. The highest BCUT2D eigenvalue weighted by molar-refractivity contribution is 5.90. The smallest absolute Gasteiger partial charge is 0.248 e. The number of nitrogens with zero attached hydrogens (tertiary/aromatic N) is 1. The second-order valence-corrected chi connectivity index (χ2v) is 3.85. The standard InChI is InChI=1S/C11H14N2O3/c14-6-8-3-4-9(7-15)13(8)11(16)10-2-1-5-12-10/h3-4,6,10,12,15H,1-2,5,7H2. The summed E-state index contributed by atoms with van der Waals surface area (Å²) in [6, 6.07) is 2.90. The van der Waals surface area contributed by atoms with Crippen LogP contribution in [0.2, 0.25) is 0 Å². The summed E-state index contributed by atoms with van der Waals surface area (Å²) in [5, 5.41) is 12.2. The number of rotatable bonds is 3. The van der Waals surface area contributed by atoms with Crippen LogP contribution in [0.15, 0.2) is 12.1 Å². The maximum Gasteiger partial charge on any atom is 0.248 e. The zero-order valence-corrected chi connectivity index (χ0v) is 8.85. The topological polar surface area (TPSA) is 71.3 Å². The van der Waals surface area contributed by atoms with Crippen LogP contribution in [0.4, 0.5) is 0 Å². The van der Waals surface area contributed by atoms with Crippen molar-refractivity contribution in [2.24, 2.45) is 0 Å². The van der Waals surface area contributed by atoms with Crippen LogP contribution in [-0.4, -0.2) is 34.5 Å². The summed E-state index contributed by atoms with van der Waals surface area (Å²) in [5.74, 6) is -0.159. The number of hydrogen-bond acceptors (Lipinski definition) is 4. The fourth-order valence-corrected chi connectivity index (χ4v) is 2.03. The van der Waals surface area contributed by atoms with E-state index < -0.39 is 0 Å². The number of nitrogens with one attached hydrogen (secondary N) is 1. The third kappa shape index (κ3) is 1.79. The van der Waals surface area contributed by atoms with Gasteiger partial charge in [0.1, 0.15) is 0 Å². The van der Waals surface area contributed by atoms with Gasteiger partial charge in [-0.15, -0.1) is 0 Å². The Morgan fingerprint density at radius 2 is 2.44 bits per heavy atom. The van der Waals surface area contributed by atoms with Gasteiger partial charge in [0.05, 0.1) is 24.0 Å². The summed E-state index contributed by atoms with van der Waals surface area (Å²) in [5.41, 5.74) is 0.753. The number of hydrogen-bond donors (Lipinski definition) is 2. The lowest BCUT2D eigenvalue weighted by atomic mass is 10.2. The van der Waals surface area contributed by atoms with Crippen LogP contribution >= 0.6 is 0 Å². The van der Waals surface area contributed by atoms with Crippen molar-refractivity contribution in [3.63, 3.8) is 0 Å². The third-order valence-corrected chi connectivity index (χ3v) is 2.85. The van der Waals surface area contributed by atoms with Crippen LogP contribution in [0.1, 0.15) is 33.8 Å². The Bertz CT molecular complexity index is 405. The van der Waals surface area contributed by atoms with Gasteiger partial charge in [-0.3, -0.25) is 14.2 Å². The van der Waals surface area contributed by atoms with Gasteiger partial charge in [-0.05, 0) is 31.5 Å². The quantitative estimate of drug-likeness (QED) is 0.716. The van der Waals surface area contributed by atoms with Crippen LogP contribution in [0.25, 0.3) is 0 Å². The molecule has 1 aliphatic rings. The van der Waals surface area contributed by atoms with Gasteiger partial charge in [0.15, 0.2) is 6.29 Å². The molecule has 0 aromatic carbocycles. The van der Waals surface area contributed by atoms with Gasteiger partial charge in [0, 0.05) is 0 Å². The van der Waals surface area contributed by atoms with Gasteiger partial charge in [-0.2, -0.15) is 0 Å². The molecule has 0 aliphatic carbocycles. The number of aliphatic hydroxyl groups is 1. The first-order valence-corrected chi connectivity index (χ1v) is 5.32. The molecule has 0 spiro atoms. The number of aliphatic hydroxyl groups excluding tert-OH is 1. The Hall–Kier alpha value is -1.46. The van der Waals surface area contributed by atoms with E-state index in [0.717, 1.165) is 19.4 Å². The normalized spacial score (nSPS) is 19.9.